The molecule has 11 heavy (non-hydrogen) atoms. The molecule has 0 atom stereocenters. The van der Waals surface area contributed by atoms with Crippen molar-refractivity contribution in [2.75, 3.05) is 0 Å². The van der Waals surface area contributed by atoms with Gasteiger partial charge in [0, 0.05) is 0 Å². The standard InChI is InChI=1S/C7H4ClF3/c8-5-3-1-2-4(6(5)9)7(10)11/h1-3,7H. The molecule has 60 valence electrons. The first kappa shape index (κ1) is 8.40. The van der Waals surface area contributed by atoms with Crippen molar-refractivity contribution in [3.8, 4) is 0 Å². The lowest BCUT2D eigenvalue weighted by Crippen LogP contribution is -1.90. The third-order valence-electron chi connectivity index (χ3n) is 1.22. The summed E-state index contributed by atoms with van der Waals surface area (Å²) in [6.07, 6.45) is -2.81. The molecule has 0 saturated carbocycles. The quantitative estimate of drug-likeness (QED) is 0.621. The molecule has 0 saturated heterocycles. The van der Waals surface area contributed by atoms with Gasteiger partial charge < -0.3 is 0 Å². The van der Waals surface area contributed by atoms with Gasteiger partial charge in [-0.25, -0.2) is 13.2 Å². The maximum atomic E-state index is 12.6. The maximum Gasteiger partial charge on any atom is 0.266 e. The van der Waals surface area contributed by atoms with Crippen LogP contribution in [0.15, 0.2) is 18.2 Å². The Balaban J connectivity index is 3.17. The van der Waals surface area contributed by atoms with Crippen LogP contribution < -0.4 is 0 Å². The third kappa shape index (κ3) is 1.66. The highest BCUT2D eigenvalue weighted by molar-refractivity contribution is 6.30. The molecule has 0 N–H and O–H groups in total. The molecule has 0 unspecified atom stereocenters. The molecule has 0 heterocycles. The number of rotatable bonds is 1. The van der Waals surface area contributed by atoms with Gasteiger partial charge in [0.05, 0.1) is 10.6 Å². The van der Waals surface area contributed by atoms with Gasteiger partial charge in [0.15, 0.2) is 5.82 Å². The molecule has 0 nitrogen and oxygen atoms in total. The van der Waals surface area contributed by atoms with Gasteiger partial charge in [-0.05, 0) is 6.07 Å². The molecule has 0 aliphatic rings. The molecule has 0 radical (unpaired) electrons. The molecule has 0 spiro atoms. The molecular weight excluding hydrogens is 177 g/mol. The van der Waals surface area contributed by atoms with Crippen LogP contribution in [0, 0.1) is 5.82 Å². The summed E-state index contributed by atoms with van der Waals surface area (Å²) in [4.78, 5) is 0. The predicted molar refractivity (Wildman–Crippen MR) is 36.4 cm³/mol. The van der Waals surface area contributed by atoms with E-state index in [1.807, 2.05) is 0 Å². The maximum absolute atomic E-state index is 12.6. The van der Waals surface area contributed by atoms with E-state index in [9.17, 15) is 13.2 Å². The van der Waals surface area contributed by atoms with Gasteiger partial charge >= 0.3 is 0 Å². The van der Waals surface area contributed by atoms with Crippen LogP contribution in [0.2, 0.25) is 5.02 Å². The average Bonchev–Trinajstić information content (AvgIpc) is 1.94. The highest BCUT2D eigenvalue weighted by Crippen LogP contribution is 2.26. The van der Waals surface area contributed by atoms with Gasteiger partial charge in [0.2, 0.25) is 0 Å². The minimum atomic E-state index is -2.81. The normalized spacial score (nSPS) is 10.6. The Bertz CT molecular complexity index is 260. The van der Waals surface area contributed by atoms with Crippen molar-refractivity contribution < 1.29 is 13.2 Å². The Hall–Kier alpha value is -0.700. The van der Waals surface area contributed by atoms with Crippen LogP contribution >= 0.6 is 11.6 Å². The molecule has 0 amide bonds. The van der Waals surface area contributed by atoms with Crippen LogP contribution in [0.3, 0.4) is 0 Å². The van der Waals surface area contributed by atoms with E-state index in [4.69, 9.17) is 11.6 Å². The second-order valence-corrected chi connectivity index (χ2v) is 2.35. The number of benzene rings is 1. The number of hydrogen-bond donors (Lipinski definition) is 0. The van der Waals surface area contributed by atoms with Gasteiger partial charge in [0.25, 0.3) is 6.43 Å². The van der Waals surface area contributed by atoms with E-state index < -0.39 is 17.8 Å². The fourth-order valence-corrected chi connectivity index (χ4v) is 0.871. The Morgan fingerprint density at radius 1 is 1.27 bits per heavy atom. The third-order valence-corrected chi connectivity index (χ3v) is 1.51. The van der Waals surface area contributed by atoms with Crippen molar-refractivity contribution in [3.63, 3.8) is 0 Å². The first-order valence-electron chi connectivity index (χ1n) is 2.85. The summed E-state index contributed by atoms with van der Waals surface area (Å²) < 4.78 is 36.5. The summed E-state index contributed by atoms with van der Waals surface area (Å²) in [6.45, 7) is 0. The van der Waals surface area contributed by atoms with E-state index >= 15 is 0 Å². The van der Waals surface area contributed by atoms with Crippen LogP contribution in [0.1, 0.15) is 12.0 Å². The largest absolute Gasteiger partial charge is 0.266 e. The second-order valence-electron chi connectivity index (χ2n) is 1.94. The van der Waals surface area contributed by atoms with Crippen molar-refractivity contribution in [1.82, 2.24) is 0 Å². The van der Waals surface area contributed by atoms with Gasteiger partial charge in [-0.1, -0.05) is 23.7 Å². The van der Waals surface area contributed by atoms with Crippen LogP contribution in [-0.4, -0.2) is 0 Å². The smallest absolute Gasteiger partial charge is 0.205 e. The molecule has 0 aliphatic carbocycles. The van der Waals surface area contributed by atoms with Crippen LogP contribution in [0.25, 0.3) is 0 Å². The first-order chi connectivity index (χ1) is 5.13. The fraction of sp³-hybridized carbons (Fsp3) is 0.143. The van der Waals surface area contributed by atoms with E-state index in [1.54, 1.807) is 0 Å². The second kappa shape index (κ2) is 3.13. The van der Waals surface area contributed by atoms with Gasteiger partial charge in [-0.3, -0.25) is 0 Å². The molecule has 1 rings (SSSR count). The van der Waals surface area contributed by atoms with Crippen molar-refractivity contribution >= 4 is 11.6 Å². The Morgan fingerprint density at radius 3 is 2.36 bits per heavy atom. The summed E-state index contributed by atoms with van der Waals surface area (Å²) in [5, 5.41) is -0.275. The van der Waals surface area contributed by atoms with Crippen molar-refractivity contribution in [2.24, 2.45) is 0 Å². The first-order valence-corrected chi connectivity index (χ1v) is 3.23. The Labute approximate surface area is 66.6 Å². The molecular formula is C7H4ClF3. The minimum Gasteiger partial charge on any atom is -0.205 e. The van der Waals surface area contributed by atoms with Crippen LogP contribution in [0.4, 0.5) is 13.2 Å². The van der Waals surface area contributed by atoms with Crippen molar-refractivity contribution in [2.45, 2.75) is 6.43 Å². The zero-order valence-corrected chi connectivity index (χ0v) is 6.08. The van der Waals surface area contributed by atoms with E-state index in [1.165, 1.54) is 12.1 Å². The number of hydrogen-bond acceptors (Lipinski definition) is 0. The molecule has 4 heteroatoms. The molecule has 0 bridgehead atoms. The highest BCUT2D eigenvalue weighted by atomic mass is 35.5. The van der Waals surface area contributed by atoms with Crippen molar-refractivity contribution in [1.29, 1.82) is 0 Å². The summed E-state index contributed by atoms with van der Waals surface area (Å²) in [6, 6.07) is 3.52. The fourth-order valence-electron chi connectivity index (χ4n) is 0.689. The topological polar surface area (TPSA) is 0 Å². The van der Waals surface area contributed by atoms with Crippen LogP contribution in [-0.2, 0) is 0 Å². The summed E-state index contributed by atoms with van der Waals surface area (Å²) in [5.41, 5.74) is -0.655. The Kier molecular flexibility index (Phi) is 2.39. The lowest BCUT2D eigenvalue weighted by Gasteiger charge is -2.01. The SMILES string of the molecule is Fc1c(Cl)cccc1C(F)F. The zero-order chi connectivity index (χ0) is 8.43. The molecule has 1 aromatic carbocycles. The molecule has 0 fully saturated rings. The van der Waals surface area contributed by atoms with E-state index in [0.29, 0.717) is 0 Å². The molecule has 0 aromatic heterocycles. The van der Waals surface area contributed by atoms with Gasteiger partial charge in [0.1, 0.15) is 0 Å². The molecule has 0 aliphatic heterocycles. The summed E-state index contributed by atoms with van der Waals surface area (Å²) >= 11 is 5.25. The van der Waals surface area contributed by atoms with E-state index in [0.717, 1.165) is 6.07 Å². The number of alkyl halides is 2. The monoisotopic (exact) mass is 180 g/mol. The zero-order valence-electron chi connectivity index (χ0n) is 5.32. The summed E-state index contributed by atoms with van der Waals surface area (Å²) in [5.74, 6) is -1.04. The van der Waals surface area contributed by atoms with E-state index in [2.05, 4.69) is 0 Å². The predicted octanol–water partition coefficient (Wildman–Crippen LogP) is 3.42. The lowest BCUT2D eigenvalue weighted by molar-refractivity contribution is 0.146. The highest BCUT2D eigenvalue weighted by Gasteiger charge is 2.14. The van der Waals surface area contributed by atoms with E-state index in [-0.39, 0.29) is 5.02 Å². The Morgan fingerprint density at radius 2 is 1.91 bits per heavy atom. The lowest BCUT2D eigenvalue weighted by atomic mass is 10.2. The van der Waals surface area contributed by atoms with Crippen LogP contribution in [0.5, 0.6) is 0 Å². The van der Waals surface area contributed by atoms with Gasteiger partial charge in [-0.2, -0.15) is 0 Å². The molecule has 1 aromatic rings. The minimum absolute atomic E-state index is 0.275. The van der Waals surface area contributed by atoms with Crippen molar-refractivity contribution in [3.05, 3.63) is 34.6 Å². The summed E-state index contributed by atoms with van der Waals surface area (Å²) in [7, 11) is 0. The number of halogens is 4. The average molecular weight is 181 g/mol. The van der Waals surface area contributed by atoms with Gasteiger partial charge in [-0.15, -0.1) is 0 Å².